The Morgan fingerprint density at radius 2 is 1.72 bits per heavy atom. The number of halogens is 2. The van der Waals surface area contributed by atoms with Crippen molar-refractivity contribution in [3.8, 4) is 0 Å². The number of allylic oxidation sites excluding steroid dienone is 2. The maximum atomic E-state index is 12.6. The molecule has 4 aliphatic carbocycles. The highest BCUT2D eigenvalue weighted by molar-refractivity contribution is 9.11. The van der Waals surface area contributed by atoms with E-state index in [0.717, 1.165) is 95.0 Å². The fraction of sp³-hybridized carbons (Fsp3) is 0.596. The summed E-state index contributed by atoms with van der Waals surface area (Å²) in [6.45, 7) is 17.1. The van der Waals surface area contributed by atoms with Gasteiger partial charge in [-0.15, -0.1) is 0 Å². The van der Waals surface area contributed by atoms with Crippen molar-refractivity contribution in [2.45, 2.75) is 137 Å². The molecule has 0 radical (unpaired) electrons. The minimum Gasteiger partial charge on any atom is -0.478 e. The molecule has 0 amide bonds. The maximum absolute atomic E-state index is 12.6. The van der Waals surface area contributed by atoms with Crippen LogP contribution < -0.4 is 21.4 Å². The number of ether oxygens (including phenoxy) is 1. The molecule has 8 rings (SSSR count). The van der Waals surface area contributed by atoms with Crippen molar-refractivity contribution in [1.29, 1.82) is 0 Å². The number of para-hydroxylation sites is 1. The molecule has 4 saturated carbocycles. The number of aliphatic carboxylic acids is 1. The minimum absolute atomic E-state index is 0.0393. The zero-order valence-electron chi connectivity index (χ0n) is 39.2. The van der Waals surface area contributed by atoms with E-state index in [9.17, 15) is 29.7 Å². The van der Waals surface area contributed by atoms with E-state index in [-0.39, 0.29) is 45.5 Å². The van der Waals surface area contributed by atoms with Gasteiger partial charge in [-0.05, 0) is 176 Å². The van der Waals surface area contributed by atoms with Crippen LogP contribution in [0.3, 0.4) is 0 Å². The van der Waals surface area contributed by atoms with E-state index >= 15 is 0 Å². The monoisotopic (exact) mass is 1020 g/mol. The number of aromatic amines is 1. The van der Waals surface area contributed by atoms with Crippen molar-refractivity contribution in [1.82, 2.24) is 10.3 Å². The molecule has 1 aromatic heterocycles. The van der Waals surface area contributed by atoms with E-state index in [1.807, 2.05) is 44.2 Å². The van der Waals surface area contributed by atoms with Gasteiger partial charge in [0.25, 0.3) is 0 Å². The largest absolute Gasteiger partial charge is 0.478 e. The number of carboxylic acid groups (broad SMARTS) is 1. The summed E-state index contributed by atoms with van der Waals surface area (Å²) in [4.78, 5) is 40.3. The smallest absolute Gasteiger partial charge is 0.331 e. The first kappa shape index (κ1) is 49.4. The number of nitrogens with one attached hydrogen (secondary N) is 4. The van der Waals surface area contributed by atoms with Crippen LogP contribution in [0.15, 0.2) is 79.0 Å². The minimum atomic E-state index is -0.953. The Kier molecular flexibility index (Phi) is 15.2. The molecule has 0 spiro atoms. The van der Waals surface area contributed by atoms with Crippen molar-refractivity contribution in [2.75, 3.05) is 30.3 Å². The van der Waals surface area contributed by atoms with Crippen LogP contribution in [-0.4, -0.2) is 70.2 Å². The fourth-order valence-corrected chi connectivity index (χ4v) is 14.8. The highest BCUT2D eigenvalue weighted by Gasteiger charge is 2.70. The van der Waals surface area contributed by atoms with Crippen LogP contribution in [0.1, 0.15) is 124 Å². The predicted octanol–water partition coefficient (Wildman–Crippen LogP) is 10.7. The number of benzene rings is 2. The van der Waals surface area contributed by atoms with Gasteiger partial charge in [-0.1, -0.05) is 67.4 Å². The number of esters is 1. The number of H-pyrrole nitrogens is 1. The molecular formula is C52H70Br2N4O7. The SMILES string of the molecule is CC(=O)O[C@H]1C[C@@]2(C)[C@@H](C[C@@H](O)C3[C@]2(C)CC[C@H]2[C@H](C)[C@H](O)CC[C@]32C)/C1=C(/CCC=C(C)C)C(=O)O.O=c1cc(NCCCNC2CCNc3c(Br)cc(Br)cc32)[nH]c2ccccc12. The van der Waals surface area contributed by atoms with Gasteiger partial charge in [-0.2, -0.15) is 0 Å². The molecule has 2 heterocycles. The summed E-state index contributed by atoms with van der Waals surface area (Å²) in [5, 5.41) is 44.1. The lowest BCUT2D eigenvalue weighted by Crippen LogP contribution is -2.65. The second-order valence-electron chi connectivity index (χ2n) is 20.6. The number of hydrogen-bond donors (Lipinski definition) is 7. The first-order valence-electron chi connectivity index (χ1n) is 23.7. The van der Waals surface area contributed by atoms with E-state index in [2.05, 4.69) is 92.6 Å². The average molecular weight is 1020 g/mol. The molecule has 0 bridgehead atoms. The molecular weight excluding hydrogens is 952 g/mol. The maximum Gasteiger partial charge on any atom is 0.331 e. The number of aliphatic hydroxyl groups is 2. The Morgan fingerprint density at radius 1 is 0.969 bits per heavy atom. The van der Waals surface area contributed by atoms with E-state index in [0.29, 0.717) is 43.2 Å². The van der Waals surface area contributed by atoms with Crippen LogP contribution in [0.25, 0.3) is 10.9 Å². The van der Waals surface area contributed by atoms with Gasteiger partial charge in [0.15, 0.2) is 5.43 Å². The molecule has 11 atom stereocenters. The molecule has 0 saturated heterocycles. The number of aromatic nitrogens is 1. The van der Waals surface area contributed by atoms with E-state index in [1.54, 1.807) is 6.07 Å². The molecule has 2 aromatic carbocycles. The van der Waals surface area contributed by atoms with Gasteiger partial charge in [0.05, 0.1) is 23.4 Å². The first-order valence-corrected chi connectivity index (χ1v) is 25.3. The molecule has 4 fully saturated rings. The second-order valence-corrected chi connectivity index (χ2v) is 22.4. The van der Waals surface area contributed by atoms with Crippen LogP contribution in [0, 0.1) is 39.9 Å². The van der Waals surface area contributed by atoms with E-state index in [4.69, 9.17) is 4.74 Å². The zero-order chi connectivity index (χ0) is 47.0. The Hall–Kier alpha value is -3.49. The summed E-state index contributed by atoms with van der Waals surface area (Å²) in [7, 11) is 0. The summed E-state index contributed by atoms with van der Waals surface area (Å²) in [5.74, 6) is -0.142. The third-order valence-corrected chi connectivity index (χ3v) is 17.6. The highest BCUT2D eigenvalue weighted by Crippen LogP contribution is 2.74. The molecule has 13 heteroatoms. The number of pyridine rings is 1. The normalized spacial score (nSPS) is 33.2. The van der Waals surface area contributed by atoms with Crippen LogP contribution >= 0.6 is 31.9 Å². The van der Waals surface area contributed by atoms with Crippen LogP contribution in [0.4, 0.5) is 11.5 Å². The lowest BCUT2D eigenvalue weighted by molar-refractivity contribution is -0.234. The van der Waals surface area contributed by atoms with Gasteiger partial charge in [0, 0.05) is 52.0 Å². The second kappa shape index (κ2) is 20.0. The summed E-state index contributed by atoms with van der Waals surface area (Å²) in [6, 6.07) is 13.8. The summed E-state index contributed by atoms with van der Waals surface area (Å²) in [5.41, 5.74) is 4.94. The number of carbonyl (C=O) groups is 2. The lowest BCUT2D eigenvalue weighted by Gasteiger charge is -2.69. The summed E-state index contributed by atoms with van der Waals surface area (Å²) < 4.78 is 8.04. The van der Waals surface area contributed by atoms with Crippen molar-refractivity contribution >= 4 is 66.2 Å². The van der Waals surface area contributed by atoms with Crippen molar-refractivity contribution in [3.05, 3.63) is 90.0 Å². The number of rotatable bonds is 11. The van der Waals surface area contributed by atoms with Crippen LogP contribution in [0.5, 0.6) is 0 Å². The standard InChI is InChI=1S/C31H48O6.C21H22Br2N4O/c1-17(2)9-8-10-20(28(35)36)26-22-15-24(34)27-29(5)13-12-23(33)18(3)21(29)11-14-30(27,6)31(22,7)16-25(26)37-19(4)32;22-13-10-15-17(6-9-26-21(15)16(23)11-13)24-7-3-8-25-20-12-19(28)14-4-1-2-5-18(14)27-20/h9,18,21-25,27,33-34H,8,10-16H2,1-7H3,(H,35,36);1-2,4-5,10-12,17,24,26H,3,6-9H2,(H2,25,27,28)/b26-20+;/t18-,21-,22-,23+,24+,25-,27?,29-,30-,31-;/m0./s1. The molecule has 11 nitrogen and oxygen atoms in total. The summed E-state index contributed by atoms with van der Waals surface area (Å²) >= 11 is 7.23. The Bertz CT molecular complexity index is 2380. The number of carbonyl (C=O) groups excluding carboxylic acids is 1. The van der Waals surface area contributed by atoms with Gasteiger partial charge in [-0.3, -0.25) is 9.59 Å². The van der Waals surface area contributed by atoms with Gasteiger partial charge in [0.1, 0.15) is 11.9 Å². The Morgan fingerprint density at radius 3 is 2.45 bits per heavy atom. The topological polar surface area (TPSA) is 173 Å². The predicted molar refractivity (Wildman–Crippen MR) is 266 cm³/mol. The molecule has 354 valence electrons. The fourth-order valence-electron chi connectivity index (χ4n) is 13.4. The summed E-state index contributed by atoms with van der Waals surface area (Å²) in [6.07, 6.45) is 8.24. The molecule has 2 unspecified atom stereocenters. The number of carboxylic acids is 1. The van der Waals surface area contributed by atoms with Crippen molar-refractivity contribution in [3.63, 3.8) is 0 Å². The van der Waals surface area contributed by atoms with Crippen LogP contribution in [0.2, 0.25) is 0 Å². The van der Waals surface area contributed by atoms with E-state index < -0.39 is 24.1 Å². The van der Waals surface area contributed by atoms with Crippen molar-refractivity contribution in [2.24, 2.45) is 39.9 Å². The molecule has 7 N–H and O–H groups in total. The van der Waals surface area contributed by atoms with Crippen LogP contribution in [-0.2, 0) is 14.3 Å². The number of anilines is 2. The van der Waals surface area contributed by atoms with Gasteiger partial charge in [0.2, 0.25) is 0 Å². The number of fused-ring (bicyclic) bond motifs is 7. The molecule has 5 aliphatic rings. The zero-order valence-corrected chi connectivity index (χ0v) is 42.3. The van der Waals surface area contributed by atoms with Gasteiger partial charge < -0.3 is 41.0 Å². The quantitative estimate of drug-likeness (QED) is 0.0424. The Balaban J connectivity index is 0.000000201. The third kappa shape index (κ3) is 9.78. The first-order chi connectivity index (χ1) is 30.8. The lowest BCUT2D eigenvalue weighted by atomic mass is 9.36. The van der Waals surface area contributed by atoms with E-state index in [1.165, 1.54) is 18.2 Å². The molecule has 3 aromatic rings. The third-order valence-electron chi connectivity index (χ3n) is 16.6. The molecule has 1 aliphatic heterocycles. The van der Waals surface area contributed by atoms with Crippen molar-refractivity contribution < 1.29 is 29.6 Å². The van der Waals surface area contributed by atoms with Gasteiger partial charge >= 0.3 is 11.9 Å². The Labute approximate surface area is 401 Å². The number of hydrogen-bond acceptors (Lipinski definition) is 9. The number of aliphatic hydroxyl groups excluding tert-OH is 2. The highest BCUT2D eigenvalue weighted by atomic mass is 79.9. The molecule has 65 heavy (non-hydrogen) atoms. The average Bonchev–Trinajstić information content (AvgIpc) is 3.51. The van der Waals surface area contributed by atoms with Gasteiger partial charge in [-0.25, -0.2) is 4.79 Å².